The lowest BCUT2D eigenvalue weighted by molar-refractivity contribution is -0.119. The second-order valence-electron chi connectivity index (χ2n) is 5.77. The van der Waals surface area contributed by atoms with Crippen molar-refractivity contribution in [1.29, 1.82) is 0 Å². The van der Waals surface area contributed by atoms with Gasteiger partial charge in [0.25, 0.3) is 0 Å². The average Bonchev–Trinajstić information content (AvgIpc) is 2.27. The molecule has 0 spiro atoms. The third-order valence-corrected chi connectivity index (χ3v) is 2.87. The van der Waals surface area contributed by atoms with Gasteiger partial charge in [-0.25, -0.2) is 0 Å². The van der Waals surface area contributed by atoms with Gasteiger partial charge in [0.15, 0.2) is 0 Å². The van der Waals surface area contributed by atoms with Gasteiger partial charge in [-0.1, -0.05) is 20.8 Å². The fourth-order valence-electron chi connectivity index (χ4n) is 1.46. The molecule has 100 valence electrons. The predicted molar refractivity (Wildman–Crippen MR) is 76.8 cm³/mol. The van der Waals surface area contributed by atoms with Crippen LogP contribution in [-0.4, -0.2) is 26.0 Å². The molecule has 0 bridgehead atoms. The molecule has 1 atom stereocenters. The molecule has 0 saturated heterocycles. The molecule has 1 aromatic carbocycles. The number of benzene rings is 1. The van der Waals surface area contributed by atoms with E-state index in [1.54, 1.807) is 0 Å². The van der Waals surface area contributed by atoms with E-state index in [-0.39, 0.29) is 11.3 Å². The van der Waals surface area contributed by atoms with Gasteiger partial charge in [-0.15, -0.1) is 0 Å². The summed E-state index contributed by atoms with van der Waals surface area (Å²) >= 11 is 0. The summed E-state index contributed by atoms with van der Waals surface area (Å²) < 4.78 is 0. The molecule has 0 radical (unpaired) electrons. The van der Waals surface area contributed by atoms with Crippen molar-refractivity contribution in [2.45, 2.75) is 26.8 Å². The number of hydrogen-bond donors (Lipinski definition) is 2. The van der Waals surface area contributed by atoms with Crippen molar-refractivity contribution in [3.63, 3.8) is 0 Å². The Labute approximate surface area is 109 Å². The smallest absolute Gasteiger partial charge is 0.241 e. The first-order valence-electron chi connectivity index (χ1n) is 6.05. The second-order valence-corrected chi connectivity index (χ2v) is 5.77. The normalized spacial score (nSPS) is 13.0. The number of carbonyl (C=O) groups excluding carboxylic acids is 1. The highest BCUT2D eigenvalue weighted by Crippen LogP contribution is 2.20. The van der Waals surface area contributed by atoms with Gasteiger partial charge in [0.05, 0.1) is 6.04 Å². The maximum absolute atomic E-state index is 11.9. The van der Waals surface area contributed by atoms with E-state index in [0.29, 0.717) is 0 Å². The molecule has 1 amide bonds. The maximum Gasteiger partial charge on any atom is 0.241 e. The fourth-order valence-corrected chi connectivity index (χ4v) is 1.46. The number of nitrogens with zero attached hydrogens (tertiary/aromatic N) is 1. The number of nitrogens with two attached hydrogens (primary N) is 1. The van der Waals surface area contributed by atoms with Crippen LogP contribution in [0, 0.1) is 5.41 Å². The molecule has 1 rings (SSSR count). The van der Waals surface area contributed by atoms with E-state index in [1.165, 1.54) is 0 Å². The molecule has 4 heteroatoms. The molecule has 0 aliphatic rings. The highest BCUT2D eigenvalue weighted by molar-refractivity contribution is 5.95. The lowest BCUT2D eigenvalue weighted by atomic mass is 9.87. The first-order valence-corrected chi connectivity index (χ1v) is 6.05. The third-order valence-electron chi connectivity index (χ3n) is 2.87. The molecular weight excluding hydrogens is 226 g/mol. The summed E-state index contributed by atoms with van der Waals surface area (Å²) in [6.07, 6.45) is 0. The number of rotatable bonds is 3. The van der Waals surface area contributed by atoms with E-state index in [2.05, 4.69) is 5.32 Å². The molecule has 0 fully saturated rings. The zero-order chi connectivity index (χ0) is 13.9. The SMILES string of the molecule is CN(C)c1ccc(NC(=O)[C@@H](N)C(C)(C)C)cc1. The van der Waals surface area contributed by atoms with Crippen LogP contribution in [0.25, 0.3) is 0 Å². The minimum atomic E-state index is -0.522. The van der Waals surface area contributed by atoms with Gasteiger partial charge >= 0.3 is 0 Å². The summed E-state index contributed by atoms with van der Waals surface area (Å²) in [6, 6.07) is 7.15. The van der Waals surface area contributed by atoms with E-state index < -0.39 is 6.04 Å². The van der Waals surface area contributed by atoms with Gasteiger partial charge in [-0.2, -0.15) is 0 Å². The Balaban J connectivity index is 2.71. The summed E-state index contributed by atoms with van der Waals surface area (Å²) in [7, 11) is 3.95. The number of anilines is 2. The Morgan fingerprint density at radius 2 is 1.72 bits per heavy atom. The van der Waals surface area contributed by atoms with Crippen molar-refractivity contribution < 1.29 is 4.79 Å². The van der Waals surface area contributed by atoms with Crippen LogP contribution in [0.15, 0.2) is 24.3 Å². The predicted octanol–water partition coefficient (Wildman–Crippen LogP) is 2.06. The first-order chi connectivity index (χ1) is 8.21. The van der Waals surface area contributed by atoms with E-state index in [9.17, 15) is 4.79 Å². The van der Waals surface area contributed by atoms with E-state index in [0.717, 1.165) is 11.4 Å². The Bertz CT molecular complexity index is 404. The first kappa shape index (κ1) is 14.5. The Morgan fingerprint density at radius 1 is 1.22 bits per heavy atom. The molecule has 0 aliphatic carbocycles. The van der Waals surface area contributed by atoms with Crippen LogP contribution in [0.1, 0.15) is 20.8 Å². The quantitative estimate of drug-likeness (QED) is 0.862. The number of hydrogen-bond acceptors (Lipinski definition) is 3. The van der Waals surface area contributed by atoms with Crippen LogP contribution < -0.4 is 16.0 Å². The number of nitrogens with one attached hydrogen (secondary N) is 1. The summed E-state index contributed by atoms with van der Waals surface area (Å²) in [6.45, 7) is 5.85. The van der Waals surface area contributed by atoms with Crippen molar-refractivity contribution in [1.82, 2.24) is 0 Å². The highest BCUT2D eigenvalue weighted by atomic mass is 16.2. The number of carbonyl (C=O) groups is 1. The Kier molecular flexibility index (Phi) is 4.35. The monoisotopic (exact) mass is 249 g/mol. The van der Waals surface area contributed by atoms with Crippen molar-refractivity contribution in [3.05, 3.63) is 24.3 Å². The summed E-state index contributed by atoms with van der Waals surface area (Å²) in [5.74, 6) is -0.153. The molecule has 0 heterocycles. The topological polar surface area (TPSA) is 58.4 Å². The van der Waals surface area contributed by atoms with E-state index in [1.807, 2.05) is 64.0 Å². The molecule has 18 heavy (non-hydrogen) atoms. The fraction of sp³-hybridized carbons (Fsp3) is 0.500. The standard InChI is InChI=1S/C14H23N3O/c1-14(2,3)12(15)13(18)16-10-6-8-11(9-7-10)17(4)5/h6-9,12H,15H2,1-5H3,(H,16,18)/t12-/m1/s1. The molecule has 3 N–H and O–H groups in total. The summed E-state index contributed by atoms with van der Waals surface area (Å²) in [5.41, 5.74) is 7.52. The lowest BCUT2D eigenvalue weighted by Crippen LogP contribution is -2.45. The van der Waals surface area contributed by atoms with Crippen molar-refractivity contribution >= 4 is 17.3 Å². The van der Waals surface area contributed by atoms with Crippen LogP contribution in [0.3, 0.4) is 0 Å². The molecule has 4 nitrogen and oxygen atoms in total. The zero-order valence-electron chi connectivity index (χ0n) is 11.8. The van der Waals surface area contributed by atoms with E-state index >= 15 is 0 Å². The minimum absolute atomic E-state index is 0.153. The van der Waals surface area contributed by atoms with Gasteiger partial charge in [0.1, 0.15) is 0 Å². The van der Waals surface area contributed by atoms with Crippen LogP contribution >= 0.6 is 0 Å². The molecule has 0 aromatic heterocycles. The average molecular weight is 249 g/mol. The van der Waals surface area contributed by atoms with Gasteiger partial charge in [0, 0.05) is 25.5 Å². The van der Waals surface area contributed by atoms with Gasteiger partial charge in [-0.3, -0.25) is 4.79 Å². The Morgan fingerprint density at radius 3 is 2.11 bits per heavy atom. The molecule has 0 aliphatic heterocycles. The van der Waals surface area contributed by atoms with Crippen molar-refractivity contribution in [2.75, 3.05) is 24.3 Å². The van der Waals surface area contributed by atoms with Gasteiger partial charge < -0.3 is 16.0 Å². The van der Waals surface area contributed by atoms with Crippen molar-refractivity contribution in [2.24, 2.45) is 11.1 Å². The molecule has 1 aromatic rings. The van der Waals surface area contributed by atoms with E-state index in [4.69, 9.17) is 5.73 Å². The molecule has 0 unspecified atom stereocenters. The van der Waals surface area contributed by atoms with Gasteiger partial charge in [0.2, 0.25) is 5.91 Å². The molecule has 0 saturated carbocycles. The maximum atomic E-state index is 11.9. The largest absolute Gasteiger partial charge is 0.378 e. The van der Waals surface area contributed by atoms with Gasteiger partial charge in [-0.05, 0) is 29.7 Å². The second kappa shape index (κ2) is 5.40. The summed E-state index contributed by atoms with van der Waals surface area (Å²) in [4.78, 5) is 13.9. The van der Waals surface area contributed by atoms with Crippen LogP contribution in [0.2, 0.25) is 0 Å². The Hall–Kier alpha value is -1.55. The van der Waals surface area contributed by atoms with Crippen LogP contribution in [0.5, 0.6) is 0 Å². The van der Waals surface area contributed by atoms with Crippen LogP contribution in [-0.2, 0) is 4.79 Å². The summed E-state index contributed by atoms with van der Waals surface area (Å²) in [5, 5.41) is 2.83. The highest BCUT2D eigenvalue weighted by Gasteiger charge is 2.27. The number of amides is 1. The molecular formula is C14H23N3O. The van der Waals surface area contributed by atoms with Crippen molar-refractivity contribution in [3.8, 4) is 0 Å². The zero-order valence-corrected chi connectivity index (χ0v) is 11.8. The lowest BCUT2D eigenvalue weighted by Gasteiger charge is -2.25. The van der Waals surface area contributed by atoms with Crippen LogP contribution in [0.4, 0.5) is 11.4 Å². The minimum Gasteiger partial charge on any atom is -0.378 e. The third kappa shape index (κ3) is 3.74.